The van der Waals surface area contributed by atoms with Crippen LogP contribution in [0.4, 0.5) is 0 Å². The molecule has 15 heteroatoms. The molecule has 0 aliphatic carbocycles. The van der Waals surface area contributed by atoms with Crippen molar-refractivity contribution in [3.63, 3.8) is 0 Å². The first-order valence-electron chi connectivity index (χ1n) is 11.8. The molecule has 0 saturated carbocycles. The van der Waals surface area contributed by atoms with Gasteiger partial charge in [0.25, 0.3) is 0 Å². The third-order valence-corrected chi connectivity index (χ3v) is 5.87. The number of aromatic nitrogens is 3. The number of hydrogen-bond acceptors (Lipinski definition) is 8. The van der Waals surface area contributed by atoms with E-state index >= 15 is 0 Å². The molecular weight excluding hydrogens is 514 g/mol. The summed E-state index contributed by atoms with van der Waals surface area (Å²) in [5.74, 6) is -5.71. The van der Waals surface area contributed by atoms with E-state index in [1.54, 1.807) is 6.20 Å². The number of H-pyrrole nitrogens is 2. The number of rotatable bonds is 14. The Bertz CT molecular complexity index is 1320. The molecule has 0 saturated heterocycles. The topological polar surface area (TPSA) is 253 Å². The fourth-order valence-corrected chi connectivity index (χ4v) is 3.85. The molecule has 10 N–H and O–H groups in total. The Balaban J connectivity index is 1.67. The second-order valence-electron chi connectivity index (χ2n) is 8.75. The highest BCUT2D eigenvalue weighted by Gasteiger charge is 2.31. The lowest BCUT2D eigenvalue weighted by atomic mass is 10.0. The summed E-state index contributed by atoms with van der Waals surface area (Å²) >= 11 is 0. The van der Waals surface area contributed by atoms with E-state index < -0.39 is 66.9 Å². The van der Waals surface area contributed by atoms with Crippen LogP contribution in [0.25, 0.3) is 10.9 Å². The molecule has 208 valence electrons. The molecular formula is C24H29N7O8. The smallest absolute Gasteiger partial charge is 0.326 e. The molecule has 2 heterocycles. The fraction of sp³-hybridized carbons (Fsp3) is 0.333. The van der Waals surface area contributed by atoms with Crippen LogP contribution in [0.2, 0.25) is 0 Å². The summed E-state index contributed by atoms with van der Waals surface area (Å²) in [5.41, 5.74) is 8.09. The average Bonchev–Trinajstić information content (AvgIpc) is 3.56. The molecule has 0 aliphatic rings. The first-order chi connectivity index (χ1) is 18.6. The zero-order chi connectivity index (χ0) is 28.5. The maximum absolute atomic E-state index is 12.9. The minimum Gasteiger partial charge on any atom is -0.481 e. The van der Waals surface area contributed by atoms with Crippen LogP contribution in [0.3, 0.4) is 0 Å². The number of nitrogens with two attached hydrogens (primary N) is 1. The van der Waals surface area contributed by atoms with Crippen LogP contribution in [0.5, 0.6) is 0 Å². The zero-order valence-corrected chi connectivity index (χ0v) is 20.6. The summed E-state index contributed by atoms with van der Waals surface area (Å²) < 4.78 is 0. The molecule has 3 amide bonds. The van der Waals surface area contributed by atoms with E-state index in [1.165, 1.54) is 12.5 Å². The van der Waals surface area contributed by atoms with Crippen LogP contribution in [0.1, 0.15) is 17.7 Å². The van der Waals surface area contributed by atoms with Crippen LogP contribution in [0.15, 0.2) is 43.0 Å². The van der Waals surface area contributed by atoms with Gasteiger partial charge in [-0.3, -0.25) is 19.2 Å². The van der Waals surface area contributed by atoms with Crippen molar-refractivity contribution in [1.82, 2.24) is 30.9 Å². The normalized spacial score (nSPS) is 14.1. The molecule has 0 spiro atoms. The Hall–Kier alpha value is -4.76. The molecule has 2 aromatic heterocycles. The number of carbonyl (C=O) groups is 5. The molecule has 0 bridgehead atoms. The van der Waals surface area contributed by atoms with Crippen LogP contribution in [-0.4, -0.2) is 90.7 Å². The van der Waals surface area contributed by atoms with Crippen molar-refractivity contribution in [1.29, 1.82) is 0 Å². The number of nitrogens with zero attached hydrogens (tertiary/aromatic N) is 1. The molecule has 4 atom stereocenters. The van der Waals surface area contributed by atoms with Crippen molar-refractivity contribution >= 4 is 40.6 Å². The number of aliphatic carboxylic acids is 2. The molecule has 3 aromatic rings. The first-order valence-corrected chi connectivity index (χ1v) is 11.8. The highest BCUT2D eigenvalue weighted by molar-refractivity contribution is 5.95. The first kappa shape index (κ1) is 28.8. The Labute approximate surface area is 221 Å². The summed E-state index contributed by atoms with van der Waals surface area (Å²) in [6.45, 7) is -0.827. The van der Waals surface area contributed by atoms with Crippen LogP contribution >= 0.6 is 0 Å². The molecule has 15 nitrogen and oxygen atoms in total. The van der Waals surface area contributed by atoms with Gasteiger partial charge >= 0.3 is 11.9 Å². The number of amides is 3. The van der Waals surface area contributed by atoms with Gasteiger partial charge in [0.1, 0.15) is 18.1 Å². The maximum Gasteiger partial charge on any atom is 0.326 e. The Morgan fingerprint density at radius 3 is 2.21 bits per heavy atom. The van der Waals surface area contributed by atoms with Gasteiger partial charge in [0.15, 0.2) is 0 Å². The predicted molar refractivity (Wildman–Crippen MR) is 135 cm³/mol. The molecule has 1 aromatic carbocycles. The van der Waals surface area contributed by atoms with E-state index in [0.29, 0.717) is 5.69 Å². The number of fused-ring (bicyclic) bond motifs is 1. The quantitative estimate of drug-likeness (QED) is 0.108. The number of carboxylic acids is 2. The number of aliphatic hydroxyl groups is 1. The highest BCUT2D eigenvalue weighted by Crippen LogP contribution is 2.18. The van der Waals surface area contributed by atoms with E-state index in [2.05, 4.69) is 30.9 Å². The number of carboxylic acid groups (broad SMARTS) is 2. The summed E-state index contributed by atoms with van der Waals surface area (Å²) in [6.07, 6.45) is 3.48. The summed E-state index contributed by atoms with van der Waals surface area (Å²) in [4.78, 5) is 70.5. The number of nitrogens with one attached hydrogen (secondary N) is 5. The van der Waals surface area contributed by atoms with Crippen LogP contribution in [0, 0.1) is 0 Å². The van der Waals surface area contributed by atoms with Gasteiger partial charge in [-0.1, -0.05) is 18.2 Å². The predicted octanol–water partition coefficient (Wildman–Crippen LogP) is -1.99. The van der Waals surface area contributed by atoms with Gasteiger partial charge in [-0.15, -0.1) is 0 Å². The zero-order valence-electron chi connectivity index (χ0n) is 20.6. The minimum absolute atomic E-state index is 0.140. The van der Waals surface area contributed by atoms with Gasteiger partial charge < -0.3 is 47.0 Å². The summed E-state index contributed by atoms with van der Waals surface area (Å²) in [6, 6.07) is 1.71. The van der Waals surface area contributed by atoms with Crippen molar-refractivity contribution in [2.45, 2.75) is 43.4 Å². The second kappa shape index (κ2) is 13.2. The molecule has 0 radical (unpaired) electrons. The minimum atomic E-state index is -1.76. The summed E-state index contributed by atoms with van der Waals surface area (Å²) in [7, 11) is 0. The van der Waals surface area contributed by atoms with Crippen molar-refractivity contribution in [2.75, 3.05) is 6.61 Å². The van der Waals surface area contributed by atoms with Crippen LogP contribution in [-0.2, 0) is 36.8 Å². The molecule has 3 rings (SSSR count). The lowest BCUT2D eigenvalue weighted by Crippen LogP contribution is -2.58. The van der Waals surface area contributed by atoms with Crippen LogP contribution < -0.4 is 21.7 Å². The lowest BCUT2D eigenvalue weighted by Gasteiger charge is -2.24. The van der Waals surface area contributed by atoms with Crippen molar-refractivity contribution in [3.05, 3.63) is 54.2 Å². The second-order valence-corrected chi connectivity index (χ2v) is 8.75. The average molecular weight is 544 g/mol. The molecule has 0 aliphatic heterocycles. The maximum atomic E-state index is 12.9. The van der Waals surface area contributed by atoms with E-state index in [4.69, 9.17) is 10.8 Å². The fourth-order valence-electron chi connectivity index (χ4n) is 3.85. The van der Waals surface area contributed by atoms with Gasteiger partial charge in [-0.25, -0.2) is 9.78 Å². The molecule has 39 heavy (non-hydrogen) atoms. The lowest BCUT2D eigenvalue weighted by molar-refractivity contribution is -0.147. The van der Waals surface area contributed by atoms with Crippen molar-refractivity contribution < 1.29 is 39.3 Å². The Morgan fingerprint density at radius 1 is 0.897 bits per heavy atom. The third kappa shape index (κ3) is 7.86. The van der Waals surface area contributed by atoms with E-state index in [1.807, 2.05) is 24.3 Å². The third-order valence-electron chi connectivity index (χ3n) is 5.87. The number of benzene rings is 1. The number of hydrogen-bond donors (Lipinski definition) is 9. The summed E-state index contributed by atoms with van der Waals surface area (Å²) in [5, 5.41) is 35.6. The SMILES string of the molecule is NC(Cc1c[nH]c2ccccc12)C(=O)NC(CO)C(=O)NC(Cc1cnc[nH]1)C(=O)NC(CC(=O)O)C(=O)O. The van der Waals surface area contributed by atoms with Gasteiger partial charge in [0.2, 0.25) is 17.7 Å². The van der Waals surface area contributed by atoms with Crippen molar-refractivity contribution in [2.24, 2.45) is 5.73 Å². The highest BCUT2D eigenvalue weighted by atomic mass is 16.4. The van der Waals surface area contributed by atoms with Gasteiger partial charge in [0.05, 0.1) is 25.4 Å². The Morgan fingerprint density at radius 2 is 1.56 bits per heavy atom. The number of aromatic amines is 2. The number of para-hydroxylation sites is 1. The number of carbonyl (C=O) groups excluding carboxylic acids is 3. The van der Waals surface area contributed by atoms with Gasteiger partial charge in [-0.05, 0) is 18.1 Å². The van der Waals surface area contributed by atoms with Gasteiger partial charge in [0, 0.05) is 35.4 Å². The van der Waals surface area contributed by atoms with E-state index in [0.717, 1.165) is 16.5 Å². The largest absolute Gasteiger partial charge is 0.481 e. The monoisotopic (exact) mass is 543 g/mol. The van der Waals surface area contributed by atoms with Gasteiger partial charge in [-0.2, -0.15) is 0 Å². The standard InChI is InChI=1S/C24H29N7O8/c25-15(5-12-8-27-16-4-2-1-3-14(12)16)21(35)31-19(10-32)23(37)29-17(6-13-9-26-11-28-13)22(36)30-18(24(38)39)7-20(33)34/h1-4,8-9,11,15,17-19,27,32H,5-7,10,25H2,(H,26,28)(H,29,37)(H,30,36)(H,31,35)(H,33,34)(H,38,39). The molecule has 0 fully saturated rings. The van der Waals surface area contributed by atoms with E-state index in [-0.39, 0.29) is 12.8 Å². The Kier molecular flexibility index (Phi) is 9.72. The van der Waals surface area contributed by atoms with Crippen molar-refractivity contribution in [3.8, 4) is 0 Å². The number of aliphatic hydroxyl groups excluding tert-OH is 1. The van der Waals surface area contributed by atoms with E-state index in [9.17, 15) is 34.2 Å². The molecule has 4 unspecified atom stereocenters. The number of imidazole rings is 1.